The van der Waals surface area contributed by atoms with E-state index in [2.05, 4.69) is 30.9 Å². The van der Waals surface area contributed by atoms with Gasteiger partial charge in [0.05, 0.1) is 6.42 Å². The summed E-state index contributed by atoms with van der Waals surface area (Å²) in [5.41, 5.74) is 0.876. The Kier molecular flexibility index (Phi) is 5.88. The number of nitrogens with zero attached hydrogens (tertiary/aromatic N) is 3. The van der Waals surface area contributed by atoms with Gasteiger partial charge in [0.25, 0.3) is 0 Å². The standard InChI is InChI=1S/C21H22N6O3/c1-14-25-19(12-20(26-14)27-18-4-2-3-7-22-18)23-8-9-24-21(28)11-15-5-6-16-17(10-15)30-13-29-16/h2-7,10,12H,8-9,11,13H2,1H3,(H,24,28)(H2,22,23,25,26,27). The number of hydrogen-bond donors (Lipinski definition) is 3. The van der Waals surface area contributed by atoms with E-state index in [0.29, 0.717) is 47.9 Å². The largest absolute Gasteiger partial charge is 0.454 e. The Hall–Kier alpha value is -3.88. The normalized spacial score (nSPS) is 11.8. The summed E-state index contributed by atoms with van der Waals surface area (Å²) < 4.78 is 10.6. The molecule has 1 amide bonds. The van der Waals surface area contributed by atoms with Crippen LogP contribution in [0.5, 0.6) is 11.5 Å². The summed E-state index contributed by atoms with van der Waals surface area (Å²) in [6.07, 6.45) is 1.99. The highest BCUT2D eigenvalue weighted by molar-refractivity contribution is 5.78. The van der Waals surface area contributed by atoms with Crippen LogP contribution in [-0.2, 0) is 11.2 Å². The van der Waals surface area contributed by atoms with E-state index in [1.54, 1.807) is 12.3 Å². The predicted octanol–water partition coefficient (Wildman–Crippen LogP) is 2.42. The maximum absolute atomic E-state index is 12.2. The number of benzene rings is 1. The molecule has 0 atom stereocenters. The molecular formula is C21H22N6O3. The first kappa shape index (κ1) is 19.4. The SMILES string of the molecule is Cc1nc(NCCNC(=O)Cc2ccc3c(c2)OCO3)cc(Nc2ccccn2)n1. The van der Waals surface area contributed by atoms with Crippen LogP contribution in [0.3, 0.4) is 0 Å². The third-order valence-corrected chi connectivity index (χ3v) is 4.31. The van der Waals surface area contributed by atoms with Crippen LogP contribution >= 0.6 is 0 Å². The molecule has 2 aromatic heterocycles. The highest BCUT2D eigenvalue weighted by atomic mass is 16.7. The van der Waals surface area contributed by atoms with E-state index in [4.69, 9.17) is 9.47 Å². The fraction of sp³-hybridized carbons (Fsp3) is 0.238. The Morgan fingerprint density at radius 3 is 2.73 bits per heavy atom. The third-order valence-electron chi connectivity index (χ3n) is 4.31. The second-order valence-electron chi connectivity index (χ2n) is 6.67. The predicted molar refractivity (Wildman–Crippen MR) is 112 cm³/mol. The summed E-state index contributed by atoms with van der Waals surface area (Å²) in [4.78, 5) is 25.1. The smallest absolute Gasteiger partial charge is 0.231 e. The molecule has 0 radical (unpaired) electrons. The van der Waals surface area contributed by atoms with Crippen LogP contribution in [0.25, 0.3) is 0 Å². The van der Waals surface area contributed by atoms with Crippen LogP contribution < -0.4 is 25.4 Å². The van der Waals surface area contributed by atoms with E-state index in [0.717, 1.165) is 5.56 Å². The number of nitrogens with one attached hydrogen (secondary N) is 3. The number of fused-ring (bicyclic) bond motifs is 1. The van der Waals surface area contributed by atoms with E-state index < -0.39 is 0 Å². The lowest BCUT2D eigenvalue weighted by Crippen LogP contribution is -2.30. The molecule has 30 heavy (non-hydrogen) atoms. The highest BCUT2D eigenvalue weighted by Gasteiger charge is 2.14. The van der Waals surface area contributed by atoms with Crippen molar-refractivity contribution in [2.75, 3.05) is 30.5 Å². The van der Waals surface area contributed by atoms with Crippen molar-refractivity contribution in [1.29, 1.82) is 0 Å². The average molecular weight is 406 g/mol. The Morgan fingerprint density at radius 1 is 1.00 bits per heavy atom. The van der Waals surface area contributed by atoms with Gasteiger partial charge in [0.2, 0.25) is 12.7 Å². The topological polar surface area (TPSA) is 110 Å². The number of hydrogen-bond acceptors (Lipinski definition) is 8. The fourth-order valence-electron chi connectivity index (χ4n) is 2.98. The van der Waals surface area contributed by atoms with Crippen LogP contribution in [-0.4, -0.2) is 40.7 Å². The molecule has 9 nitrogen and oxygen atoms in total. The molecule has 3 aromatic rings. The molecular weight excluding hydrogens is 384 g/mol. The lowest BCUT2D eigenvalue weighted by Gasteiger charge is -2.10. The lowest BCUT2D eigenvalue weighted by atomic mass is 10.1. The van der Waals surface area contributed by atoms with Gasteiger partial charge >= 0.3 is 0 Å². The van der Waals surface area contributed by atoms with Gasteiger partial charge in [0.15, 0.2) is 11.5 Å². The summed E-state index contributed by atoms with van der Waals surface area (Å²) in [5.74, 6) is 3.98. The number of rotatable bonds is 8. The average Bonchev–Trinajstić information content (AvgIpc) is 3.19. The highest BCUT2D eigenvalue weighted by Crippen LogP contribution is 2.32. The van der Waals surface area contributed by atoms with Crippen molar-refractivity contribution >= 4 is 23.4 Å². The number of carbonyl (C=O) groups excluding carboxylic acids is 1. The van der Waals surface area contributed by atoms with Crippen molar-refractivity contribution in [2.45, 2.75) is 13.3 Å². The van der Waals surface area contributed by atoms with Gasteiger partial charge in [-0.3, -0.25) is 4.79 Å². The van der Waals surface area contributed by atoms with Crippen LogP contribution in [0.2, 0.25) is 0 Å². The zero-order valence-electron chi connectivity index (χ0n) is 16.5. The lowest BCUT2D eigenvalue weighted by molar-refractivity contribution is -0.120. The first-order chi connectivity index (χ1) is 14.7. The first-order valence-corrected chi connectivity index (χ1v) is 9.58. The summed E-state index contributed by atoms with van der Waals surface area (Å²) in [7, 11) is 0. The number of ether oxygens (including phenoxy) is 2. The van der Waals surface area contributed by atoms with E-state index in [1.165, 1.54) is 0 Å². The summed E-state index contributed by atoms with van der Waals surface area (Å²) in [5, 5.41) is 9.25. The van der Waals surface area contributed by atoms with Crippen LogP contribution in [0.15, 0.2) is 48.7 Å². The molecule has 0 bridgehead atoms. The molecule has 0 saturated carbocycles. The number of pyridine rings is 1. The van der Waals surface area contributed by atoms with E-state index in [-0.39, 0.29) is 19.1 Å². The molecule has 1 aliphatic heterocycles. The molecule has 1 aromatic carbocycles. The number of aromatic nitrogens is 3. The van der Waals surface area contributed by atoms with Gasteiger partial charge in [-0.05, 0) is 36.8 Å². The minimum Gasteiger partial charge on any atom is -0.454 e. The Bertz CT molecular complexity index is 1030. The summed E-state index contributed by atoms with van der Waals surface area (Å²) in [6, 6.07) is 12.9. The van der Waals surface area contributed by atoms with Crippen LogP contribution in [0.4, 0.5) is 17.5 Å². The minimum atomic E-state index is -0.0629. The maximum atomic E-state index is 12.2. The van der Waals surface area contributed by atoms with Crippen molar-refractivity contribution in [3.8, 4) is 11.5 Å². The van der Waals surface area contributed by atoms with Gasteiger partial charge in [-0.25, -0.2) is 15.0 Å². The first-order valence-electron chi connectivity index (χ1n) is 9.58. The molecule has 3 heterocycles. The molecule has 4 rings (SSSR count). The van der Waals surface area contributed by atoms with Crippen molar-refractivity contribution in [3.63, 3.8) is 0 Å². The minimum absolute atomic E-state index is 0.0629. The van der Waals surface area contributed by atoms with Crippen molar-refractivity contribution in [1.82, 2.24) is 20.3 Å². The molecule has 0 fully saturated rings. The van der Waals surface area contributed by atoms with Gasteiger partial charge in [0, 0.05) is 25.4 Å². The second kappa shape index (κ2) is 9.08. The fourth-order valence-corrected chi connectivity index (χ4v) is 2.98. The quantitative estimate of drug-likeness (QED) is 0.489. The molecule has 0 spiro atoms. The van der Waals surface area contributed by atoms with E-state index in [9.17, 15) is 4.79 Å². The van der Waals surface area contributed by atoms with Crippen molar-refractivity contribution in [2.24, 2.45) is 0 Å². The van der Waals surface area contributed by atoms with Crippen LogP contribution in [0, 0.1) is 6.92 Å². The third kappa shape index (κ3) is 5.13. The number of aryl methyl sites for hydroxylation is 1. The molecule has 0 aliphatic carbocycles. The maximum Gasteiger partial charge on any atom is 0.231 e. The van der Waals surface area contributed by atoms with Gasteiger partial charge < -0.3 is 25.4 Å². The zero-order chi connectivity index (χ0) is 20.8. The Balaban J connectivity index is 1.24. The molecule has 9 heteroatoms. The molecule has 154 valence electrons. The second-order valence-corrected chi connectivity index (χ2v) is 6.67. The number of anilines is 3. The Labute approximate surface area is 173 Å². The molecule has 0 unspecified atom stereocenters. The zero-order valence-corrected chi connectivity index (χ0v) is 16.5. The van der Waals surface area contributed by atoms with E-state index in [1.807, 2.05) is 43.3 Å². The Morgan fingerprint density at radius 2 is 1.87 bits per heavy atom. The monoisotopic (exact) mass is 406 g/mol. The summed E-state index contributed by atoms with van der Waals surface area (Å²) >= 11 is 0. The van der Waals surface area contributed by atoms with Crippen molar-refractivity contribution in [3.05, 3.63) is 60.0 Å². The van der Waals surface area contributed by atoms with Gasteiger partial charge in [-0.2, -0.15) is 0 Å². The summed E-state index contributed by atoms with van der Waals surface area (Å²) in [6.45, 7) is 3.04. The van der Waals surface area contributed by atoms with Gasteiger partial charge in [-0.1, -0.05) is 12.1 Å². The number of amides is 1. The van der Waals surface area contributed by atoms with E-state index >= 15 is 0 Å². The van der Waals surface area contributed by atoms with Crippen molar-refractivity contribution < 1.29 is 14.3 Å². The van der Waals surface area contributed by atoms with Gasteiger partial charge in [0.1, 0.15) is 23.3 Å². The van der Waals surface area contributed by atoms with Crippen LogP contribution in [0.1, 0.15) is 11.4 Å². The molecule has 0 saturated heterocycles. The molecule has 1 aliphatic rings. The van der Waals surface area contributed by atoms with Gasteiger partial charge in [-0.15, -0.1) is 0 Å². The number of carbonyl (C=O) groups is 1. The molecule has 3 N–H and O–H groups in total.